The lowest BCUT2D eigenvalue weighted by Crippen LogP contribution is -2.42. The number of rotatable bonds is 6. The highest BCUT2D eigenvalue weighted by Gasteiger charge is 2.27. The molecule has 34 heavy (non-hydrogen) atoms. The standard InChI is InChI=1S/C26H27N3O4S/c27-34(32,33)24-12-10-23(11-13-24)28-26(31)22-14-16-29(17-15-22)25(30)18-19-6-8-21(9-7-19)20-4-2-1-3-5-20/h1-13,22H,14-18H2,(H,28,31)(H2,27,32,33). The molecule has 1 aliphatic rings. The van der Waals surface area contributed by atoms with Gasteiger partial charge in [-0.05, 0) is 53.8 Å². The fourth-order valence-electron chi connectivity index (χ4n) is 4.10. The number of hydrogen-bond donors (Lipinski definition) is 2. The van der Waals surface area contributed by atoms with Crippen LogP contribution < -0.4 is 10.5 Å². The van der Waals surface area contributed by atoms with Crippen LogP contribution >= 0.6 is 0 Å². The quantitative estimate of drug-likeness (QED) is 0.567. The van der Waals surface area contributed by atoms with E-state index in [0.29, 0.717) is 38.0 Å². The minimum atomic E-state index is -3.77. The number of anilines is 1. The first-order valence-electron chi connectivity index (χ1n) is 11.2. The predicted octanol–water partition coefficient (Wildman–Crippen LogP) is 3.42. The number of piperidine rings is 1. The van der Waals surface area contributed by atoms with E-state index in [0.717, 1.165) is 16.7 Å². The highest BCUT2D eigenvalue weighted by molar-refractivity contribution is 7.89. The first kappa shape index (κ1) is 23.7. The van der Waals surface area contributed by atoms with E-state index in [9.17, 15) is 18.0 Å². The van der Waals surface area contributed by atoms with Crippen LogP contribution in [0.5, 0.6) is 0 Å². The van der Waals surface area contributed by atoms with Crippen molar-refractivity contribution in [2.75, 3.05) is 18.4 Å². The van der Waals surface area contributed by atoms with E-state index in [2.05, 4.69) is 17.4 Å². The lowest BCUT2D eigenvalue weighted by molar-refractivity contribution is -0.133. The molecule has 0 aromatic heterocycles. The molecule has 3 N–H and O–H groups in total. The van der Waals surface area contributed by atoms with E-state index in [-0.39, 0.29) is 22.6 Å². The van der Waals surface area contributed by atoms with E-state index in [1.165, 1.54) is 24.3 Å². The van der Waals surface area contributed by atoms with Gasteiger partial charge in [0.05, 0.1) is 11.3 Å². The number of benzene rings is 3. The number of nitrogens with one attached hydrogen (secondary N) is 1. The lowest BCUT2D eigenvalue weighted by atomic mass is 9.95. The van der Waals surface area contributed by atoms with Gasteiger partial charge in [0.1, 0.15) is 0 Å². The van der Waals surface area contributed by atoms with Crippen molar-refractivity contribution in [1.82, 2.24) is 4.90 Å². The van der Waals surface area contributed by atoms with Crippen LogP contribution in [0.25, 0.3) is 11.1 Å². The third-order valence-corrected chi connectivity index (χ3v) is 7.01. The summed E-state index contributed by atoms with van der Waals surface area (Å²) in [6.45, 7) is 1.06. The maximum Gasteiger partial charge on any atom is 0.238 e. The Morgan fingerprint density at radius 1 is 0.853 bits per heavy atom. The molecule has 0 unspecified atom stereocenters. The average Bonchev–Trinajstić information content (AvgIpc) is 2.85. The zero-order chi connectivity index (χ0) is 24.1. The summed E-state index contributed by atoms with van der Waals surface area (Å²) >= 11 is 0. The fraction of sp³-hybridized carbons (Fsp3) is 0.231. The largest absolute Gasteiger partial charge is 0.342 e. The monoisotopic (exact) mass is 477 g/mol. The van der Waals surface area contributed by atoms with Crippen LogP contribution in [-0.4, -0.2) is 38.2 Å². The number of hydrogen-bond acceptors (Lipinski definition) is 4. The summed E-state index contributed by atoms with van der Waals surface area (Å²) in [4.78, 5) is 27.2. The van der Waals surface area contributed by atoms with Crippen LogP contribution in [0.1, 0.15) is 18.4 Å². The Hall–Kier alpha value is -3.49. The molecule has 1 heterocycles. The summed E-state index contributed by atoms with van der Waals surface area (Å²) in [5.41, 5.74) is 3.73. The van der Waals surface area contributed by atoms with Crippen molar-refractivity contribution < 1.29 is 18.0 Å². The Balaban J connectivity index is 1.27. The Kier molecular flexibility index (Phi) is 7.09. The van der Waals surface area contributed by atoms with Crippen LogP contribution in [0.2, 0.25) is 0 Å². The normalized spacial score (nSPS) is 14.6. The van der Waals surface area contributed by atoms with Crippen molar-refractivity contribution in [2.45, 2.75) is 24.2 Å². The first-order valence-corrected chi connectivity index (χ1v) is 12.7. The molecule has 0 saturated carbocycles. The number of nitrogens with zero attached hydrogens (tertiary/aromatic N) is 1. The Labute approximate surface area is 199 Å². The Bertz CT molecular complexity index is 1250. The molecule has 3 aromatic rings. The lowest BCUT2D eigenvalue weighted by Gasteiger charge is -2.31. The van der Waals surface area contributed by atoms with Crippen molar-refractivity contribution >= 4 is 27.5 Å². The highest BCUT2D eigenvalue weighted by atomic mass is 32.2. The zero-order valence-electron chi connectivity index (χ0n) is 18.7. The molecular formula is C26H27N3O4S. The smallest absolute Gasteiger partial charge is 0.238 e. The van der Waals surface area contributed by atoms with Crippen molar-refractivity contribution in [2.24, 2.45) is 11.1 Å². The molecule has 4 rings (SSSR count). The number of carbonyl (C=O) groups excluding carboxylic acids is 2. The topological polar surface area (TPSA) is 110 Å². The molecule has 2 amide bonds. The second-order valence-corrected chi connectivity index (χ2v) is 10.0. The van der Waals surface area contributed by atoms with Crippen molar-refractivity contribution in [1.29, 1.82) is 0 Å². The van der Waals surface area contributed by atoms with Crippen molar-refractivity contribution in [3.05, 3.63) is 84.4 Å². The average molecular weight is 478 g/mol. The molecule has 0 bridgehead atoms. The number of amides is 2. The number of primary sulfonamides is 1. The summed E-state index contributed by atoms with van der Waals surface area (Å²) in [7, 11) is -3.77. The minimum Gasteiger partial charge on any atom is -0.342 e. The van der Waals surface area contributed by atoms with E-state index in [1.54, 1.807) is 0 Å². The third kappa shape index (κ3) is 5.89. The van der Waals surface area contributed by atoms with Gasteiger partial charge in [0.25, 0.3) is 0 Å². The molecular weight excluding hydrogens is 450 g/mol. The molecule has 0 radical (unpaired) electrons. The molecule has 0 atom stereocenters. The molecule has 0 aliphatic carbocycles. The van der Waals surface area contributed by atoms with Crippen LogP contribution in [0.15, 0.2) is 83.8 Å². The molecule has 1 saturated heterocycles. The van der Waals surface area contributed by atoms with E-state index in [4.69, 9.17) is 5.14 Å². The van der Waals surface area contributed by atoms with Gasteiger partial charge in [-0.2, -0.15) is 0 Å². The number of likely N-dealkylation sites (tertiary alicyclic amines) is 1. The van der Waals surface area contributed by atoms with Gasteiger partial charge in [-0.25, -0.2) is 13.6 Å². The summed E-state index contributed by atoms with van der Waals surface area (Å²) in [6, 6.07) is 23.9. The van der Waals surface area contributed by atoms with Gasteiger partial charge in [-0.15, -0.1) is 0 Å². The number of carbonyl (C=O) groups is 2. The second kappa shape index (κ2) is 10.2. The zero-order valence-corrected chi connectivity index (χ0v) is 19.5. The van der Waals surface area contributed by atoms with Crippen LogP contribution in [-0.2, 0) is 26.0 Å². The van der Waals surface area contributed by atoms with Gasteiger partial charge in [0, 0.05) is 24.7 Å². The maximum absolute atomic E-state index is 12.8. The van der Waals surface area contributed by atoms with E-state index >= 15 is 0 Å². The molecule has 176 valence electrons. The Morgan fingerprint density at radius 3 is 2.03 bits per heavy atom. The van der Waals surface area contributed by atoms with Gasteiger partial charge < -0.3 is 10.2 Å². The molecule has 3 aromatic carbocycles. The predicted molar refractivity (Wildman–Crippen MR) is 131 cm³/mol. The highest BCUT2D eigenvalue weighted by Crippen LogP contribution is 2.22. The van der Waals surface area contributed by atoms with E-state index in [1.807, 2.05) is 47.4 Å². The molecule has 1 fully saturated rings. The SMILES string of the molecule is NS(=O)(=O)c1ccc(NC(=O)C2CCN(C(=O)Cc3ccc(-c4ccccc4)cc3)CC2)cc1. The fourth-order valence-corrected chi connectivity index (χ4v) is 4.61. The summed E-state index contributed by atoms with van der Waals surface area (Å²) in [5, 5.41) is 7.91. The first-order chi connectivity index (χ1) is 16.3. The van der Waals surface area contributed by atoms with Crippen molar-refractivity contribution in [3.63, 3.8) is 0 Å². The summed E-state index contributed by atoms with van der Waals surface area (Å²) in [6.07, 6.45) is 1.50. The minimum absolute atomic E-state index is 0.00738. The van der Waals surface area contributed by atoms with Gasteiger partial charge >= 0.3 is 0 Å². The molecule has 7 nitrogen and oxygen atoms in total. The van der Waals surface area contributed by atoms with Gasteiger partial charge in [0.2, 0.25) is 21.8 Å². The second-order valence-electron chi connectivity index (χ2n) is 8.45. The van der Waals surface area contributed by atoms with Crippen LogP contribution in [0.3, 0.4) is 0 Å². The van der Waals surface area contributed by atoms with Gasteiger partial charge in [-0.3, -0.25) is 9.59 Å². The number of sulfonamides is 1. The third-order valence-electron chi connectivity index (χ3n) is 6.09. The van der Waals surface area contributed by atoms with E-state index < -0.39 is 10.0 Å². The van der Waals surface area contributed by atoms with Crippen LogP contribution in [0, 0.1) is 5.92 Å². The molecule has 8 heteroatoms. The molecule has 1 aliphatic heterocycles. The van der Waals surface area contributed by atoms with Gasteiger partial charge in [0.15, 0.2) is 0 Å². The van der Waals surface area contributed by atoms with Gasteiger partial charge in [-0.1, -0.05) is 54.6 Å². The maximum atomic E-state index is 12.8. The molecule has 0 spiro atoms. The summed E-state index contributed by atoms with van der Waals surface area (Å²) < 4.78 is 22.7. The summed E-state index contributed by atoms with van der Waals surface area (Å²) in [5.74, 6) is -0.274. The number of nitrogens with two attached hydrogens (primary N) is 1. The van der Waals surface area contributed by atoms with Crippen molar-refractivity contribution in [3.8, 4) is 11.1 Å². The van der Waals surface area contributed by atoms with Crippen LogP contribution in [0.4, 0.5) is 5.69 Å². The Morgan fingerprint density at radius 2 is 1.44 bits per heavy atom.